The van der Waals surface area contributed by atoms with Crippen LogP contribution in [0.5, 0.6) is 5.75 Å². The SMILES string of the molecule is COc1cccc(Cl)c1CNCc1cccnc1. The Morgan fingerprint density at radius 1 is 1.22 bits per heavy atom. The molecule has 3 nitrogen and oxygen atoms in total. The first kappa shape index (κ1) is 12.9. The minimum Gasteiger partial charge on any atom is -0.496 e. The third kappa shape index (κ3) is 3.22. The average Bonchev–Trinajstić information content (AvgIpc) is 2.41. The summed E-state index contributed by atoms with van der Waals surface area (Å²) in [7, 11) is 1.65. The first-order valence-corrected chi connectivity index (χ1v) is 6.10. The Hall–Kier alpha value is -1.58. The number of nitrogens with one attached hydrogen (secondary N) is 1. The second-order valence-corrected chi connectivity index (χ2v) is 4.29. The van der Waals surface area contributed by atoms with Gasteiger partial charge in [0, 0.05) is 36.1 Å². The van der Waals surface area contributed by atoms with Gasteiger partial charge in [0.05, 0.1) is 7.11 Å². The van der Waals surface area contributed by atoms with Crippen molar-refractivity contribution in [1.29, 1.82) is 0 Å². The number of hydrogen-bond acceptors (Lipinski definition) is 3. The molecule has 94 valence electrons. The van der Waals surface area contributed by atoms with Crippen LogP contribution in [0.1, 0.15) is 11.1 Å². The Bertz CT molecular complexity index is 502. The standard InChI is InChI=1S/C14H15ClN2O/c1-18-14-6-2-5-13(15)12(14)10-17-9-11-4-3-7-16-8-11/h2-8,17H,9-10H2,1H3. The highest BCUT2D eigenvalue weighted by Crippen LogP contribution is 2.25. The number of benzene rings is 1. The van der Waals surface area contributed by atoms with E-state index in [4.69, 9.17) is 16.3 Å². The van der Waals surface area contributed by atoms with Crippen LogP contribution in [0, 0.1) is 0 Å². The molecule has 0 spiro atoms. The molecule has 0 atom stereocenters. The zero-order valence-corrected chi connectivity index (χ0v) is 10.9. The minimum atomic E-state index is 0.664. The van der Waals surface area contributed by atoms with Gasteiger partial charge in [0.15, 0.2) is 0 Å². The second kappa shape index (κ2) is 6.38. The van der Waals surface area contributed by atoms with Crippen LogP contribution in [-0.2, 0) is 13.1 Å². The monoisotopic (exact) mass is 262 g/mol. The quantitative estimate of drug-likeness (QED) is 0.899. The highest BCUT2D eigenvalue weighted by atomic mass is 35.5. The van der Waals surface area contributed by atoms with Crippen LogP contribution in [0.15, 0.2) is 42.7 Å². The number of pyridine rings is 1. The summed E-state index contributed by atoms with van der Waals surface area (Å²) >= 11 is 6.16. The van der Waals surface area contributed by atoms with Crippen LogP contribution in [-0.4, -0.2) is 12.1 Å². The maximum absolute atomic E-state index is 6.16. The molecule has 4 heteroatoms. The van der Waals surface area contributed by atoms with Gasteiger partial charge in [-0.05, 0) is 23.8 Å². The molecule has 0 amide bonds. The van der Waals surface area contributed by atoms with Crippen molar-refractivity contribution in [2.45, 2.75) is 13.1 Å². The minimum absolute atomic E-state index is 0.664. The average molecular weight is 263 g/mol. The van der Waals surface area contributed by atoms with E-state index in [2.05, 4.69) is 10.3 Å². The Balaban J connectivity index is 1.98. The molecule has 0 aliphatic rings. The normalized spacial score (nSPS) is 10.3. The van der Waals surface area contributed by atoms with Crippen LogP contribution in [0.4, 0.5) is 0 Å². The molecule has 0 radical (unpaired) electrons. The van der Waals surface area contributed by atoms with Crippen LogP contribution >= 0.6 is 11.6 Å². The van der Waals surface area contributed by atoms with E-state index in [-0.39, 0.29) is 0 Å². The Labute approximate surface area is 112 Å². The van der Waals surface area contributed by atoms with E-state index in [9.17, 15) is 0 Å². The summed E-state index contributed by atoms with van der Waals surface area (Å²) in [5.74, 6) is 0.807. The molecule has 0 saturated carbocycles. The molecule has 0 aliphatic carbocycles. The number of ether oxygens (including phenoxy) is 1. The van der Waals surface area contributed by atoms with Gasteiger partial charge in [0.2, 0.25) is 0 Å². The molecular formula is C14H15ClN2O. The smallest absolute Gasteiger partial charge is 0.124 e. The van der Waals surface area contributed by atoms with Crippen molar-refractivity contribution in [1.82, 2.24) is 10.3 Å². The zero-order valence-electron chi connectivity index (χ0n) is 10.2. The lowest BCUT2D eigenvalue weighted by Crippen LogP contribution is -2.13. The van der Waals surface area contributed by atoms with Gasteiger partial charge in [-0.25, -0.2) is 0 Å². The van der Waals surface area contributed by atoms with Gasteiger partial charge < -0.3 is 10.1 Å². The van der Waals surface area contributed by atoms with Gasteiger partial charge in [-0.3, -0.25) is 4.98 Å². The summed E-state index contributed by atoms with van der Waals surface area (Å²) in [6.07, 6.45) is 3.61. The van der Waals surface area contributed by atoms with Crippen LogP contribution < -0.4 is 10.1 Å². The van der Waals surface area contributed by atoms with Gasteiger partial charge in [0.1, 0.15) is 5.75 Å². The van der Waals surface area contributed by atoms with Gasteiger partial charge in [0.25, 0.3) is 0 Å². The van der Waals surface area contributed by atoms with Crippen LogP contribution in [0.2, 0.25) is 5.02 Å². The molecule has 0 fully saturated rings. The summed E-state index contributed by atoms with van der Waals surface area (Å²) in [4.78, 5) is 4.07. The van der Waals surface area contributed by atoms with E-state index in [1.54, 1.807) is 13.3 Å². The van der Waals surface area contributed by atoms with E-state index in [0.29, 0.717) is 11.6 Å². The summed E-state index contributed by atoms with van der Waals surface area (Å²) in [6.45, 7) is 1.42. The van der Waals surface area contributed by atoms with E-state index < -0.39 is 0 Å². The molecule has 0 unspecified atom stereocenters. The fraction of sp³-hybridized carbons (Fsp3) is 0.214. The summed E-state index contributed by atoms with van der Waals surface area (Å²) < 4.78 is 5.29. The van der Waals surface area contributed by atoms with Crippen molar-refractivity contribution in [2.75, 3.05) is 7.11 Å². The van der Waals surface area contributed by atoms with Gasteiger partial charge in [-0.1, -0.05) is 23.7 Å². The van der Waals surface area contributed by atoms with E-state index in [0.717, 1.165) is 23.4 Å². The van der Waals surface area contributed by atoms with Crippen molar-refractivity contribution in [2.24, 2.45) is 0 Å². The number of methoxy groups -OCH3 is 1. The fourth-order valence-corrected chi connectivity index (χ4v) is 1.97. The molecular weight excluding hydrogens is 248 g/mol. The molecule has 1 N–H and O–H groups in total. The third-order valence-corrected chi connectivity index (χ3v) is 3.00. The Morgan fingerprint density at radius 3 is 2.83 bits per heavy atom. The van der Waals surface area contributed by atoms with Crippen molar-refractivity contribution in [3.05, 3.63) is 58.9 Å². The highest BCUT2D eigenvalue weighted by molar-refractivity contribution is 6.31. The van der Waals surface area contributed by atoms with Gasteiger partial charge in [-0.2, -0.15) is 0 Å². The maximum atomic E-state index is 6.16. The first-order chi connectivity index (χ1) is 8.81. The second-order valence-electron chi connectivity index (χ2n) is 3.89. The van der Waals surface area contributed by atoms with Crippen molar-refractivity contribution in [3.63, 3.8) is 0 Å². The fourth-order valence-electron chi connectivity index (χ4n) is 1.74. The number of halogens is 1. The van der Waals surface area contributed by atoms with E-state index in [1.807, 2.05) is 36.5 Å². The predicted octanol–water partition coefficient (Wildman–Crippen LogP) is 3.03. The molecule has 0 saturated heterocycles. The molecule has 2 rings (SSSR count). The molecule has 0 aliphatic heterocycles. The summed E-state index contributed by atoms with van der Waals surface area (Å²) in [5, 5.41) is 4.04. The van der Waals surface area contributed by atoms with Crippen molar-refractivity contribution in [3.8, 4) is 5.75 Å². The number of hydrogen-bond donors (Lipinski definition) is 1. The zero-order chi connectivity index (χ0) is 12.8. The van der Waals surface area contributed by atoms with E-state index in [1.165, 1.54) is 0 Å². The molecule has 2 aromatic rings. The largest absolute Gasteiger partial charge is 0.496 e. The number of nitrogens with zero attached hydrogens (tertiary/aromatic N) is 1. The topological polar surface area (TPSA) is 34.1 Å². The maximum Gasteiger partial charge on any atom is 0.124 e. The number of rotatable bonds is 5. The lowest BCUT2D eigenvalue weighted by Gasteiger charge is -2.11. The molecule has 1 aromatic heterocycles. The third-order valence-electron chi connectivity index (χ3n) is 2.65. The van der Waals surface area contributed by atoms with Crippen molar-refractivity contribution >= 4 is 11.6 Å². The number of aromatic nitrogens is 1. The lowest BCUT2D eigenvalue weighted by molar-refractivity contribution is 0.407. The predicted molar refractivity (Wildman–Crippen MR) is 72.8 cm³/mol. The summed E-state index contributed by atoms with van der Waals surface area (Å²) in [5.41, 5.74) is 2.12. The van der Waals surface area contributed by atoms with Gasteiger partial charge in [-0.15, -0.1) is 0 Å². The molecule has 0 bridgehead atoms. The molecule has 18 heavy (non-hydrogen) atoms. The van der Waals surface area contributed by atoms with Crippen LogP contribution in [0.3, 0.4) is 0 Å². The van der Waals surface area contributed by atoms with Crippen molar-refractivity contribution < 1.29 is 4.74 Å². The summed E-state index contributed by atoms with van der Waals surface area (Å²) in [6, 6.07) is 9.61. The Morgan fingerprint density at radius 2 is 2.11 bits per heavy atom. The first-order valence-electron chi connectivity index (χ1n) is 5.72. The molecule has 1 heterocycles. The highest BCUT2D eigenvalue weighted by Gasteiger charge is 2.06. The molecule has 1 aromatic carbocycles. The van der Waals surface area contributed by atoms with E-state index >= 15 is 0 Å². The lowest BCUT2D eigenvalue weighted by atomic mass is 10.2. The van der Waals surface area contributed by atoms with Gasteiger partial charge >= 0.3 is 0 Å². The van der Waals surface area contributed by atoms with Crippen LogP contribution in [0.25, 0.3) is 0 Å². The Kier molecular flexibility index (Phi) is 4.56.